The number of aromatic hydroxyl groups is 3. The lowest BCUT2D eigenvalue weighted by Crippen LogP contribution is -2.44. The van der Waals surface area contributed by atoms with Gasteiger partial charge in [0.15, 0.2) is 34.7 Å². The first-order valence-electron chi connectivity index (χ1n) is 25.4. The third-order valence-corrected chi connectivity index (χ3v) is 12.9. The molecule has 0 fully saturated rings. The molecule has 6 aromatic rings. The van der Waals surface area contributed by atoms with Crippen LogP contribution in [0.1, 0.15) is 55.2 Å². The fourth-order valence-corrected chi connectivity index (χ4v) is 9.11. The van der Waals surface area contributed by atoms with Crippen molar-refractivity contribution in [2.45, 2.75) is 83.5 Å². The summed E-state index contributed by atoms with van der Waals surface area (Å²) in [5.74, 6) is -4.90. The highest BCUT2D eigenvalue weighted by Gasteiger charge is 2.33. The monoisotopic (exact) mass is 1110 g/mol. The van der Waals surface area contributed by atoms with Crippen LogP contribution in [-0.2, 0) is 39.5 Å². The van der Waals surface area contributed by atoms with Gasteiger partial charge in [0.1, 0.15) is 19.8 Å². The minimum Gasteiger partial charge on any atom is -0.503 e. The van der Waals surface area contributed by atoms with Crippen LogP contribution in [-0.4, -0.2) is 123 Å². The van der Waals surface area contributed by atoms with Gasteiger partial charge in [-0.1, -0.05) is 91.0 Å². The second-order valence-corrected chi connectivity index (χ2v) is 18.5. The normalized spacial score (nSPS) is 11.2. The maximum absolute atomic E-state index is 13.5. The first-order chi connectivity index (χ1) is 38.4. The molecule has 6 rings (SSSR count). The Bertz CT molecular complexity index is 2890. The van der Waals surface area contributed by atoms with Crippen molar-refractivity contribution in [1.82, 2.24) is 13.7 Å². The van der Waals surface area contributed by atoms with Gasteiger partial charge in [0.2, 0.25) is 17.2 Å². The van der Waals surface area contributed by atoms with E-state index in [1.165, 1.54) is 0 Å². The maximum Gasteiger partial charge on any atom is 0.413 e. The molecule has 0 saturated heterocycles. The van der Waals surface area contributed by atoms with Crippen LogP contribution in [0.15, 0.2) is 124 Å². The lowest BCUT2D eigenvalue weighted by Gasteiger charge is -2.33. The molecular weight excluding hydrogens is 1050 g/mol. The number of aliphatic hydroxyl groups is 3. The standard InChI is InChI=1S/C55H65N7O18/c56-55(19-10-22-60(52(72)73)49-46(78-34-37-13-4-1-5-14-37)43(69)40(66)31-57(49)25-28-63,20-11-23-61(53(74)75)50-47(79-35-38-15-6-2-7-16-38)44(70)41(67)32-58(50)26-29-64)21-12-24-62(54(76)77)51-48(80-36-39-17-8-3-9-18-39)45(71)42(68)33-59(51)27-30-65/h1-9,13-18,31-33,63-68H,10-12,19-30,34-36,56H2,(H,72,73)(H,74,75)(H,76,77). The molecule has 0 aliphatic rings. The highest BCUT2D eigenvalue weighted by molar-refractivity contribution is 5.88. The Morgan fingerprint density at radius 1 is 0.450 bits per heavy atom. The van der Waals surface area contributed by atoms with E-state index in [0.717, 1.165) is 47.0 Å². The van der Waals surface area contributed by atoms with Crippen LogP contribution < -0.4 is 50.9 Å². The molecule has 25 nitrogen and oxygen atoms in total. The summed E-state index contributed by atoms with van der Waals surface area (Å²) < 4.78 is 21.2. The Balaban J connectivity index is 1.35. The van der Waals surface area contributed by atoms with Gasteiger partial charge in [0.05, 0.1) is 38.4 Å². The minimum atomic E-state index is -1.57. The van der Waals surface area contributed by atoms with E-state index in [4.69, 9.17) is 19.9 Å². The molecule has 3 aromatic carbocycles. The van der Waals surface area contributed by atoms with E-state index in [1.54, 1.807) is 91.0 Å². The first kappa shape index (κ1) is 60.2. The number of amides is 3. The van der Waals surface area contributed by atoms with Crippen molar-refractivity contribution >= 4 is 35.7 Å². The molecule has 11 N–H and O–H groups in total. The number of pyridine rings is 3. The Hall–Kier alpha value is -9.04. The predicted octanol–water partition coefficient (Wildman–Crippen LogP) is 4.89. The van der Waals surface area contributed by atoms with Crippen LogP contribution in [0.4, 0.5) is 31.8 Å². The molecule has 25 heteroatoms. The predicted molar refractivity (Wildman–Crippen MR) is 291 cm³/mol. The number of carbonyl (C=O) groups is 3. The molecule has 0 aliphatic heterocycles. The number of aliphatic hydroxyl groups excluding tert-OH is 3. The molecule has 0 bridgehead atoms. The lowest BCUT2D eigenvalue weighted by molar-refractivity contribution is 0.199. The van der Waals surface area contributed by atoms with Crippen LogP contribution in [0.5, 0.6) is 34.5 Å². The molecule has 3 heterocycles. The van der Waals surface area contributed by atoms with Crippen molar-refractivity contribution in [3.8, 4) is 34.5 Å². The highest BCUT2D eigenvalue weighted by Crippen LogP contribution is 2.34. The zero-order valence-electron chi connectivity index (χ0n) is 43.6. The summed E-state index contributed by atoms with van der Waals surface area (Å²) in [4.78, 5) is 82.6. The minimum absolute atomic E-state index is 0.0703. The zero-order chi connectivity index (χ0) is 57.9. The van der Waals surface area contributed by atoms with E-state index in [-0.39, 0.29) is 115 Å². The van der Waals surface area contributed by atoms with Crippen LogP contribution in [0.3, 0.4) is 0 Å². The maximum atomic E-state index is 13.5. The second kappa shape index (κ2) is 28.5. The zero-order valence-corrected chi connectivity index (χ0v) is 43.6. The molecule has 428 valence electrons. The smallest absolute Gasteiger partial charge is 0.413 e. The number of nitrogens with zero attached hydrogens (tertiary/aromatic N) is 6. The van der Waals surface area contributed by atoms with Crippen LogP contribution >= 0.6 is 0 Å². The third kappa shape index (κ3) is 15.4. The van der Waals surface area contributed by atoms with Crippen molar-refractivity contribution < 1.29 is 74.6 Å². The van der Waals surface area contributed by atoms with Gasteiger partial charge in [-0.3, -0.25) is 29.1 Å². The van der Waals surface area contributed by atoms with Crippen molar-refractivity contribution in [2.75, 3.05) is 54.2 Å². The number of nitrogens with two attached hydrogens (primary N) is 1. The van der Waals surface area contributed by atoms with Gasteiger partial charge in [-0.15, -0.1) is 0 Å². The average Bonchev–Trinajstić information content (AvgIpc) is 3.56. The van der Waals surface area contributed by atoms with Gasteiger partial charge in [-0.2, -0.15) is 0 Å². The van der Waals surface area contributed by atoms with Crippen molar-refractivity contribution in [2.24, 2.45) is 5.73 Å². The van der Waals surface area contributed by atoms with E-state index in [1.807, 2.05) is 0 Å². The Morgan fingerprint density at radius 2 is 0.700 bits per heavy atom. The van der Waals surface area contributed by atoms with Crippen LogP contribution in [0, 0.1) is 0 Å². The largest absolute Gasteiger partial charge is 0.503 e. The number of anilines is 3. The van der Waals surface area contributed by atoms with Gasteiger partial charge < -0.3 is 79.6 Å². The molecule has 0 unspecified atom stereocenters. The first-order valence-corrected chi connectivity index (χ1v) is 25.4. The molecule has 0 spiro atoms. The third-order valence-electron chi connectivity index (χ3n) is 12.9. The number of hydrogen-bond acceptors (Lipinski definition) is 16. The summed E-state index contributed by atoms with van der Waals surface area (Å²) in [7, 11) is 0. The number of hydrogen-bond donors (Lipinski definition) is 10. The van der Waals surface area contributed by atoms with Gasteiger partial charge in [0, 0.05) is 44.8 Å². The van der Waals surface area contributed by atoms with Crippen LogP contribution in [0.2, 0.25) is 0 Å². The summed E-state index contributed by atoms with van der Waals surface area (Å²) in [5.41, 5.74) is 4.53. The Kier molecular flexibility index (Phi) is 21.5. The summed E-state index contributed by atoms with van der Waals surface area (Å²) in [6.07, 6.45) is -2.27. The van der Waals surface area contributed by atoms with Crippen molar-refractivity contribution in [3.63, 3.8) is 0 Å². The summed E-state index contributed by atoms with van der Waals surface area (Å²) in [6.45, 7) is -4.30. The molecule has 0 radical (unpaired) electrons. The molecule has 0 atom stereocenters. The quantitative estimate of drug-likeness (QED) is 0.0287. The molecule has 80 heavy (non-hydrogen) atoms. The SMILES string of the molecule is NC(CCCN(C(=O)O)c1c(OCc2ccccc2)c(=O)c(O)cn1CCO)(CCCN(C(=O)O)c1c(OCc2ccccc2)c(=O)c(O)cn1CCO)CCCN(C(=O)O)c1c(OCc2ccccc2)c(=O)c(O)cn1CCO. The fraction of sp³-hybridized carbons (Fsp3) is 0.345. The summed E-state index contributed by atoms with van der Waals surface area (Å²) in [6, 6.07) is 25.8. The molecule has 3 amide bonds. The van der Waals surface area contributed by atoms with Crippen LogP contribution in [0.25, 0.3) is 0 Å². The molecular formula is C55H65N7O18. The fourth-order valence-electron chi connectivity index (χ4n) is 9.11. The number of benzene rings is 3. The molecule has 3 aromatic heterocycles. The number of ether oxygens (including phenoxy) is 3. The van der Waals surface area contributed by atoms with Crippen molar-refractivity contribution in [1.29, 1.82) is 0 Å². The van der Waals surface area contributed by atoms with Gasteiger partial charge in [0.25, 0.3) is 16.3 Å². The molecule has 0 saturated carbocycles. The van der Waals surface area contributed by atoms with E-state index in [0.29, 0.717) is 16.7 Å². The van der Waals surface area contributed by atoms with Gasteiger partial charge >= 0.3 is 18.3 Å². The summed E-state index contributed by atoms with van der Waals surface area (Å²) in [5, 5.41) is 94.2. The van der Waals surface area contributed by atoms with Crippen molar-refractivity contribution in [3.05, 3.63) is 157 Å². The lowest BCUT2D eigenvalue weighted by atomic mass is 9.84. The van der Waals surface area contributed by atoms with E-state index in [9.17, 15) is 74.7 Å². The molecule has 0 aliphatic carbocycles. The highest BCUT2D eigenvalue weighted by atomic mass is 16.5. The second-order valence-electron chi connectivity index (χ2n) is 18.5. The van der Waals surface area contributed by atoms with Gasteiger partial charge in [-0.05, 0) is 55.2 Å². The number of carboxylic acid groups (broad SMARTS) is 3. The van der Waals surface area contributed by atoms with E-state index >= 15 is 0 Å². The topological polar surface area (TPSA) is 363 Å². The van der Waals surface area contributed by atoms with Gasteiger partial charge in [-0.25, -0.2) is 14.4 Å². The summed E-state index contributed by atoms with van der Waals surface area (Å²) >= 11 is 0. The number of aromatic nitrogens is 3. The Labute approximate surface area is 457 Å². The Morgan fingerprint density at radius 3 is 0.925 bits per heavy atom. The average molecular weight is 1110 g/mol. The van der Waals surface area contributed by atoms with E-state index < -0.39 is 94.4 Å². The number of rotatable bonds is 30. The van der Waals surface area contributed by atoms with E-state index in [2.05, 4.69) is 0 Å².